The molecular formula is C20H23N5O3S. The fourth-order valence-electron chi connectivity index (χ4n) is 3.96. The number of anilines is 2. The van der Waals surface area contributed by atoms with Crippen molar-refractivity contribution in [2.24, 2.45) is 0 Å². The number of hydrogen-bond donors (Lipinski definition) is 1. The number of likely N-dealkylation sites (N-methyl/N-ethyl adjacent to an activating group) is 1. The molecule has 1 fully saturated rings. The van der Waals surface area contributed by atoms with Crippen LogP contribution in [-0.2, 0) is 10.0 Å². The minimum absolute atomic E-state index is 0.208. The molecule has 0 unspecified atom stereocenters. The topological polar surface area (TPSA) is 79.7 Å². The molecule has 29 heavy (non-hydrogen) atoms. The Morgan fingerprint density at radius 2 is 1.93 bits per heavy atom. The molecule has 4 heterocycles. The lowest BCUT2D eigenvalue weighted by atomic mass is 10.2. The van der Waals surface area contributed by atoms with Gasteiger partial charge >= 0.3 is 0 Å². The molecule has 5 rings (SSSR count). The molecule has 1 saturated heterocycles. The SMILES string of the molecule is CN1CCOc2cc(S(=O)(=O)n3cc(N4CCNCC4)c4ncccc43)ccc21. The van der Waals surface area contributed by atoms with Crippen LogP contribution in [0.25, 0.3) is 11.0 Å². The van der Waals surface area contributed by atoms with Gasteiger partial charge in [0, 0.05) is 51.7 Å². The summed E-state index contributed by atoms with van der Waals surface area (Å²) in [7, 11) is -1.83. The average molecular weight is 414 g/mol. The minimum atomic E-state index is -3.80. The summed E-state index contributed by atoms with van der Waals surface area (Å²) in [4.78, 5) is 8.94. The Balaban J connectivity index is 1.63. The largest absolute Gasteiger partial charge is 0.490 e. The zero-order chi connectivity index (χ0) is 20.0. The van der Waals surface area contributed by atoms with Gasteiger partial charge in [-0.1, -0.05) is 0 Å². The first kappa shape index (κ1) is 18.3. The number of ether oxygens (including phenoxy) is 1. The number of piperazine rings is 1. The van der Waals surface area contributed by atoms with Crippen molar-refractivity contribution in [3.63, 3.8) is 0 Å². The van der Waals surface area contributed by atoms with E-state index < -0.39 is 10.0 Å². The number of aromatic nitrogens is 2. The van der Waals surface area contributed by atoms with Crippen molar-refractivity contribution in [3.05, 3.63) is 42.7 Å². The maximum absolute atomic E-state index is 13.5. The number of fused-ring (bicyclic) bond motifs is 2. The lowest BCUT2D eigenvalue weighted by Gasteiger charge is -2.28. The summed E-state index contributed by atoms with van der Waals surface area (Å²) in [6.07, 6.45) is 3.40. The third kappa shape index (κ3) is 3.01. The third-order valence-electron chi connectivity index (χ3n) is 5.55. The highest BCUT2D eigenvalue weighted by atomic mass is 32.2. The molecule has 0 bridgehead atoms. The Labute approximate surface area is 169 Å². The zero-order valence-electron chi connectivity index (χ0n) is 16.2. The molecule has 0 aliphatic carbocycles. The number of benzene rings is 1. The molecule has 0 spiro atoms. The molecule has 152 valence electrons. The fraction of sp³-hybridized carbons (Fsp3) is 0.350. The van der Waals surface area contributed by atoms with Gasteiger partial charge in [0.1, 0.15) is 17.9 Å². The van der Waals surface area contributed by atoms with E-state index in [1.807, 2.05) is 13.1 Å². The second-order valence-corrected chi connectivity index (χ2v) is 9.14. The standard InChI is InChI=1S/C20H23N5O3S/c1-23-11-12-28-19-13-15(4-5-16(19)23)29(26,27)25-14-18(24-9-7-21-8-10-24)20-17(25)3-2-6-22-20/h2-6,13-14,21H,7-12H2,1H3. The van der Waals surface area contributed by atoms with Gasteiger partial charge in [0.25, 0.3) is 10.0 Å². The van der Waals surface area contributed by atoms with Crippen molar-refractivity contribution < 1.29 is 13.2 Å². The van der Waals surface area contributed by atoms with Crippen LogP contribution >= 0.6 is 0 Å². The van der Waals surface area contributed by atoms with Gasteiger partial charge in [-0.25, -0.2) is 12.4 Å². The summed E-state index contributed by atoms with van der Waals surface area (Å²) in [5, 5.41) is 3.32. The van der Waals surface area contributed by atoms with E-state index in [9.17, 15) is 8.42 Å². The Bertz CT molecular complexity index is 1170. The fourth-order valence-corrected chi connectivity index (χ4v) is 5.33. The van der Waals surface area contributed by atoms with E-state index in [0.29, 0.717) is 23.4 Å². The average Bonchev–Trinajstić information content (AvgIpc) is 3.15. The van der Waals surface area contributed by atoms with Crippen molar-refractivity contribution in [2.45, 2.75) is 4.90 Å². The van der Waals surface area contributed by atoms with Crippen molar-refractivity contribution in [1.82, 2.24) is 14.3 Å². The number of nitrogens with zero attached hydrogens (tertiary/aromatic N) is 4. The lowest BCUT2D eigenvalue weighted by molar-refractivity contribution is 0.310. The molecule has 0 radical (unpaired) electrons. The molecule has 0 amide bonds. The van der Waals surface area contributed by atoms with E-state index in [-0.39, 0.29) is 4.90 Å². The second kappa shape index (κ2) is 6.93. The Morgan fingerprint density at radius 3 is 2.76 bits per heavy atom. The number of rotatable bonds is 3. The van der Waals surface area contributed by atoms with Crippen LogP contribution in [-0.4, -0.2) is 63.8 Å². The van der Waals surface area contributed by atoms with Crippen LogP contribution in [0.3, 0.4) is 0 Å². The number of hydrogen-bond acceptors (Lipinski definition) is 7. The Hall–Kier alpha value is -2.78. The number of nitrogens with one attached hydrogen (secondary N) is 1. The predicted octanol–water partition coefficient (Wildman–Crippen LogP) is 1.51. The summed E-state index contributed by atoms with van der Waals surface area (Å²) >= 11 is 0. The first-order valence-electron chi connectivity index (χ1n) is 9.71. The number of pyridine rings is 1. The van der Waals surface area contributed by atoms with Crippen LogP contribution in [0.2, 0.25) is 0 Å². The highest BCUT2D eigenvalue weighted by Crippen LogP contribution is 2.35. The van der Waals surface area contributed by atoms with Crippen LogP contribution in [0.15, 0.2) is 47.6 Å². The van der Waals surface area contributed by atoms with Crippen molar-refractivity contribution >= 4 is 32.4 Å². The molecule has 9 heteroatoms. The second-order valence-electron chi connectivity index (χ2n) is 7.32. The quantitative estimate of drug-likeness (QED) is 0.697. The molecule has 0 saturated carbocycles. The summed E-state index contributed by atoms with van der Waals surface area (Å²) in [5.41, 5.74) is 3.03. The first-order valence-corrected chi connectivity index (χ1v) is 11.1. The first-order chi connectivity index (χ1) is 14.1. The maximum atomic E-state index is 13.5. The van der Waals surface area contributed by atoms with Crippen LogP contribution in [0.5, 0.6) is 5.75 Å². The molecule has 0 atom stereocenters. The summed E-state index contributed by atoms with van der Waals surface area (Å²) in [6.45, 7) is 4.67. The minimum Gasteiger partial charge on any atom is -0.490 e. The normalized spacial score (nSPS) is 17.3. The molecule has 2 aliphatic heterocycles. The van der Waals surface area contributed by atoms with Gasteiger partial charge < -0.3 is 19.9 Å². The van der Waals surface area contributed by atoms with Gasteiger partial charge in [0.05, 0.1) is 28.3 Å². The summed E-state index contributed by atoms with van der Waals surface area (Å²) < 4.78 is 34.2. The molecule has 8 nitrogen and oxygen atoms in total. The van der Waals surface area contributed by atoms with Crippen molar-refractivity contribution in [2.75, 3.05) is 56.2 Å². The van der Waals surface area contributed by atoms with Gasteiger partial charge in [0.15, 0.2) is 0 Å². The monoisotopic (exact) mass is 413 g/mol. The molecule has 3 aromatic rings. The summed E-state index contributed by atoms with van der Waals surface area (Å²) in [6, 6.07) is 8.64. The van der Waals surface area contributed by atoms with Gasteiger partial charge in [-0.15, -0.1) is 0 Å². The van der Waals surface area contributed by atoms with E-state index in [1.165, 1.54) is 3.97 Å². The van der Waals surface area contributed by atoms with E-state index in [4.69, 9.17) is 4.74 Å². The highest BCUT2D eigenvalue weighted by Gasteiger charge is 2.26. The third-order valence-corrected chi connectivity index (χ3v) is 7.22. The van der Waals surface area contributed by atoms with Crippen molar-refractivity contribution in [1.29, 1.82) is 0 Å². The van der Waals surface area contributed by atoms with Crippen LogP contribution in [0.1, 0.15) is 0 Å². The smallest absolute Gasteiger partial charge is 0.268 e. The highest BCUT2D eigenvalue weighted by molar-refractivity contribution is 7.90. The predicted molar refractivity (Wildman–Crippen MR) is 113 cm³/mol. The van der Waals surface area contributed by atoms with E-state index in [2.05, 4.69) is 20.1 Å². The molecular weight excluding hydrogens is 390 g/mol. The molecule has 1 N–H and O–H groups in total. The summed E-state index contributed by atoms with van der Waals surface area (Å²) in [5.74, 6) is 0.594. The Morgan fingerprint density at radius 1 is 1.10 bits per heavy atom. The van der Waals surface area contributed by atoms with Crippen molar-refractivity contribution in [3.8, 4) is 5.75 Å². The van der Waals surface area contributed by atoms with Gasteiger partial charge in [0.2, 0.25) is 0 Å². The van der Waals surface area contributed by atoms with E-state index >= 15 is 0 Å². The lowest BCUT2D eigenvalue weighted by Crippen LogP contribution is -2.43. The van der Waals surface area contributed by atoms with Crippen LogP contribution in [0.4, 0.5) is 11.4 Å². The molecule has 2 aliphatic rings. The molecule has 2 aromatic heterocycles. The zero-order valence-corrected chi connectivity index (χ0v) is 17.0. The van der Waals surface area contributed by atoms with Gasteiger partial charge in [-0.2, -0.15) is 0 Å². The van der Waals surface area contributed by atoms with Crippen LogP contribution < -0.4 is 19.9 Å². The maximum Gasteiger partial charge on any atom is 0.268 e. The van der Waals surface area contributed by atoms with Crippen LogP contribution in [0, 0.1) is 0 Å². The van der Waals surface area contributed by atoms with Gasteiger partial charge in [-0.3, -0.25) is 4.98 Å². The van der Waals surface area contributed by atoms with Gasteiger partial charge in [-0.05, 0) is 24.3 Å². The van der Waals surface area contributed by atoms with E-state index in [0.717, 1.165) is 44.1 Å². The van der Waals surface area contributed by atoms with E-state index in [1.54, 1.807) is 36.7 Å². The Kier molecular flexibility index (Phi) is 4.36. The molecule has 1 aromatic carbocycles.